The van der Waals surface area contributed by atoms with Crippen LogP contribution < -0.4 is 4.31 Å². The number of nitro groups is 1. The fourth-order valence-electron chi connectivity index (χ4n) is 2.20. The second-order valence-electron chi connectivity index (χ2n) is 5.62. The Morgan fingerprint density at radius 2 is 1.72 bits per heavy atom. The summed E-state index contributed by atoms with van der Waals surface area (Å²) < 4.78 is 27.9. The molecule has 7 nitrogen and oxygen atoms in total. The van der Waals surface area contributed by atoms with E-state index in [-0.39, 0.29) is 17.1 Å². The predicted molar refractivity (Wildman–Crippen MR) is 100 cm³/mol. The molecule has 2 aromatic carbocycles. The van der Waals surface area contributed by atoms with Gasteiger partial charge in [-0.1, -0.05) is 34.1 Å². The molecule has 2 aromatic rings. The lowest BCUT2D eigenvalue weighted by Crippen LogP contribution is -2.36. The van der Waals surface area contributed by atoms with Gasteiger partial charge in [-0.2, -0.15) is 0 Å². The maximum absolute atomic E-state index is 13.1. The molecule has 0 atom stereocenters. The van der Waals surface area contributed by atoms with Crippen LogP contribution in [0.25, 0.3) is 0 Å². The summed E-state index contributed by atoms with van der Waals surface area (Å²) in [5.74, 6) is 0. The van der Waals surface area contributed by atoms with E-state index in [2.05, 4.69) is 15.9 Å². The van der Waals surface area contributed by atoms with Crippen LogP contribution in [0.2, 0.25) is 0 Å². The first kappa shape index (κ1) is 19.4. The van der Waals surface area contributed by atoms with Crippen molar-refractivity contribution in [3.63, 3.8) is 0 Å². The van der Waals surface area contributed by atoms with E-state index in [1.807, 2.05) is 19.0 Å². The maximum Gasteiger partial charge on any atom is 0.271 e. The third kappa shape index (κ3) is 4.77. The second kappa shape index (κ2) is 7.94. The highest BCUT2D eigenvalue weighted by Gasteiger charge is 2.27. The minimum Gasteiger partial charge on any atom is -0.308 e. The molecule has 0 spiro atoms. The second-order valence-corrected chi connectivity index (χ2v) is 8.40. The number of hydrogen-bond acceptors (Lipinski definition) is 5. The number of anilines is 1. The summed E-state index contributed by atoms with van der Waals surface area (Å²) in [6, 6.07) is 12.4. The Balaban J connectivity index is 2.53. The van der Waals surface area contributed by atoms with Crippen molar-refractivity contribution < 1.29 is 13.3 Å². The summed E-state index contributed by atoms with van der Waals surface area (Å²) in [5, 5.41) is 11.1. The molecular weight excluding hydrogens is 410 g/mol. The number of benzene rings is 2. The standard InChI is InChI=1S/C16H18BrN3O4S/c1-18(2)8-9-19(14-6-4-3-5-7-14)25(23,24)16-11-13(17)10-15(12-16)20(21)22/h3-7,10-12H,8-9H2,1-2H3. The van der Waals surface area contributed by atoms with Crippen LogP contribution >= 0.6 is 15.9 Å². The van der Waals surface area contributed by atoms with Gasteiger partial charge in [0, 0.05) is 29.7 Å². The average molecular weight is 428 g/mol. The van der Waals surface area contributed by atoms with Crippen LogP contribution in [0.15, 0.2) is 57.9 Å². The highest BCUT2D eigenvalue weighted by atomic mass is 79.9. The topological polar surface area (TPSA) is 83.8 Å². The summed E-state index contributed by atoms with van der Waals surface area (Å²) in [7, 11) is -0.262. The molecule has 0 bridgehead atoms. The smallest absolute Gasteiger partial charge is 0.271 e. The molecule has 0 aliphatic heterocycles. The van der Waals surface area contributed by atoms with Gasteiger partial charge in [-0.3, -0.25) is 14.4 Å². The van der Waals surface area contributed by atoms with Crippen LogP contribution in [0.5, 0.6) is 0 Å². The maximum atomic E-state index is 13.1. The number of sulfonamides is 1. The van der Waals surface area contributed by atoms with E-state index in [1.165, 1.54) is 16.4 Å². The molecule has 9 heteroatoms. The van der Waals surface area contributed by atoms with Gasteiger partial charge in [-0.15, -0.1) is 0 Å². The molecule has 134 valence electrons. The van der Waals surface area contributed by atoms with Crippen molar-refractivity contribution in [3.8, 4) is 0 Å². The summed E-state index contributed by atoms with van der Waals surface area (Å²) in [4.78, 5) is 12.2. The molecule has 0 saturated heterocycles. The number of hydrogen-bond donors (Lipinski definition) is 0. The molecule has 0 aliphatic carbocycles. The van der Waals surface area contributed by atoms with Crippen LogP contribution in [0.1, 0.15) is 0 Å². The van der Waals surface area contributed by atoms with Gasteiger partial charge in [0.1, 0.15) is 0 Å². The number of nitro benzene ring substituents is 1. The van der Waals surface area contributed by atoms with Crippen molar-refractivity contribution in [2.75, 3.05) is 31.5 Å². The summed E-state index contributed by atoms with van der Waals surface area (Å²) in [6.45, 7) is 0.726. The lowest BCUT2D eigenvalue weighted by Gasteiger charge is -2.26. The number of para-hydroxylation sites is 1. The molecule has 25 heavy (non-hydrogen) atoms. The first-order chi connectivity index (χ1) is 11.7. The molecular formula is C16H18BrN3O4S. The van der Waals surface area contributed by atoms with Crippen LogP contribution in [-0.2, 0) is 10.0 Å². The van der Waals surface area contributed by atoms with Crippen LogP contribution in [-0.4, -0.2) is 45.4 Å². The number of likely N-dealkylation sites (N-methyl/N-ethyl adjacent to an activating group) is 1. The quantitative estimate of drug-likeness (QED) is 0.500. The molecule has 0 saturated carbocycles. The van der Waals surface area contributed by atoms with Gasteiger partial charge in [0.25, 0.3) is 15.7 Å². The van der Waals surface area contributed by atoms with E-state index < -0.39 is 14.9 Å². The third-order valence-corrected chi connectivity index (χ3v) is 5.71. The SMILES string of the molecule is CN(C)CCN(c1ccccc1)S(=O)(=O)c1cc(Br)cc([N+](=O)[O-])c1. The monoisotopic (exact) mass is 427 g/mol. The summed E-state index contributed by atoms with van der Waals surface area (Å²) in [6.07, 6.45) is 0. The Bertz CT molecular complexity index is 857. The Morgan fingerprint density at radius 1 is 1.08 bits per heavy atom. The van der Waals surface area contributed by atoms with Crippen molar-refractivity contribution in [1.82, 2.24) is 4.90 Å². The Kier molecular flexibility index (Phi) is 6.15. The Hall–Kier alpha value is -1.97. The highest BCUT2D eigenvalue weighted by Crippen LogP contribution is 2.29. The molecule has 0 aliphatic rings. The normalized spacial score (nSPS) is 11.5. The van der Waals surface area contributed by atoms with Gasteiger partial charge in [-0.05, 0) is 32.3 Å². The lowest BCUT2D eigenvalue weighted by atomic mass is 10.3. The molecule has 0 fully saturated rings. The molecule has 0 heterocycles. The molecule has 0 amide bonds. The molecule has 0 unspecified atom stereocenters. The number of nitrogens with zero attached hydrogens (tertiary/aromatic N) is 3. The van der Waals surface area contributed by atoms with Gasteiger partial charge >= 0.3 is 0 Å². The fraction of sp³-hybridized carbons (Fsp3) is 0.250. The Morgan fingerprint density at radius 3 is 2.28 bits per heavy atom. The minimum atomic E-state index is -3.96. The average Bonchev–Trinajstić information content (AvgIpc) is 2.55. The first-order valence-corrected chi connectivity index (χ1v) is 9.62. The van der Waals surface area contributed by atoms with E-state index >= 15 is 0 Å². The molecule has 2 rings (SSSR count). The van der Waals surface area contributed by atoms with Crippen molar-refractivity contribution in [3.05, 3.63) is 63.1 Å². The van der Waals surface area contributed by atoms with E-state index in [1.54, 1.807) is 30.3 Å². The van der Waals surface area contributed by atoms with Gasteiger partial charge in [0.2, 0.25) is 0 Å². The van der Waals surface area contributed by atoms with E-state index in [0.29, 0.717) is 16.7 Å². The largest absolute Gasteiger partial charge is 0.308 e. The van der Waals surface area contributed by atoms with Gasteiger partial charge in [-0.25, -0.2) is 8.42 Å². The fourth-order valence-corrected chi connectivity index (χ4v) is 4.36. The third-order valence-electron chi connectivity index (χ3n) is 3.45. The lowest BCUT2D eigenvalue weighted by molar-refractivity contribution is -0.385. The van der Waals surface area contributed by atoms with Gasteiger partial charge < -0.3 is 4.90 Å². The van der Waals surface area contributed by atoms with Gasteiger partial charge in [0.15, 0.2) is 0 Å². The summed E-state index contributed by atoms with van der Waals surface area (Å²) >= 11 is 3.15. The molecule has 0 radical (unpaired) electrons. The zero-order chi connectivity index (χ0) is 18.6. The molecule has 0 aromatic heterocycles. The highest BCUT2D eigenvalue weighted by molar-refractivity contribution is 9.10. The van der Waals surface area contributed by atoms with E-state index in [0.717, 1.165) is 6.07 Å². The van der Waals surface area contributed by atoms with Crippen molar-refractivity contribution in [1.29, 1.82) is 0 Å². The molecule has 0 N–H and O–H groups in total. The van der Waals surface area contributed by atoms with Crippen LogP contribution in [0.3, 0.4) is 0 Å². The van der Waals surface area contributed by atoms with Crippen LogP contribution in [0.4, 0.5) is 11.4 Å². The van der Waals surface area contributed by atoms with Crippen molar-refractivity contribution in [2.24, 2.45) is 0 Å². The summed E-state index contributed by atoms with van der Waals surface area (Å²) in [5.41, 5.74) is 0.223. The Labute approximate surface area is 155 Å². The van der Waals surface area contributed by atoms with Gasteiger partial charge in [0.05, 0.1) is 15.5 Å². The van der Waals surface area contributed by atoms with Crippen LogP contribution in [0, 0.1) is 10.1 Å². The van der Waals surface area contributed by atoms with Crippen molar-refractivity contribution in [2.45, 2.75) is 4.90 Å². The zero-order valence-electron chi connectivity index (χ0n) is 13.8. The first-order valence-electron chi connectivity index (χ1n) is 7.39. The van der Waals surface area contributed by atoms with E-state index in [9.17, 15) is 18.5 Å². The van der Waals surface area contributed by atoms with Crippen molar-refractivity contribution >= 4 is 37.3 Å². The minimum absolute atomic E-state index is 0.129. The predicted octanol–water partition coefficient (Wildman–Crippen LogP) is 3.11. The zero-order valence-corrected chi connectivity index (χ0v) is 16.2. The van der Waals surface area contributed by atoms with E-state index in [4.69, 9.17) is 0 Å². The number of non-ortho nitro benzene ring substituents is 1. The number of halogens is 1. The number of rotatable bonds is 7.